The number of fused-ring (bicyclic) bond motifs is 2. The zero-order chi connectivity index (χ0) is 25.2. The fourth-order valence-electron chi connectivity index (χ4n) is 6.02. The molecular formula is C29H38N4O3. The molecular weight excluding hydrogens is 452 g/mol. The highest BCUT2D eigenvalue weighted by atomic mass is 16.3. The Morgan fingerprint density at radius 3 is 2.47 bits per heavy atom. The maximum atomic E-state index is 13.2. The third-order valence-electron chi connectivity index (χ3n) is 8.23. The van der Waals surface area contributed by atoms with Crippen LogP contribution in [-0.4, -0.2) is 90.1 Å². The minimum atomic E-state index is -0.563. The molecule has 0 saturated carbocycles. The average molecular weight is 491 g/mol. The molecule has 1 atom stereocenters. The van der Waals surface area contributed by atoms with E-state index in [2.05, 4.69) is 47.2 Å². The van der Waals surface area contributed by atoms with E-state index in [0.717, 1.165) is 68.7 Å². The summed E-state index contributed by atoms with van der Waals surface area (Å²) in [4.78, 5) is 33.2. The molecule has 3 aliphatic heterocycles. The summed E-state index contributed by atoms with van der Waals surface area (Å²) >= 11 is 0. The lowest BCUT2D eigenvalue weighted by Gasteiger charge is -2.38. The summed E-state index contributed by atoms with van der Waals surface area (Å²) in [6.45, 7) is 6.62. The fourth-order valence-corrected chi connectivity index (χ4v) is 6.02. The van der Waals surface area contributed by atoms with E-state index < -0.39 is 6.10 Å². The van der Waals surface area contributed by atoms with Gasteiger partial charge in [-0.3, -0.25) is 14.5 Å². The van der Waals surface area contributed by atoms with Crippen LogP contribution in [0.4, 0.5) is 5.69 Å². The number of β-amino-alcohol motifs (C(OH)–C–C–N with tert-alkyl or cyclic N) is 1. The Labute approximate surface area is 214 Å². The molecule has 0 spiro atoms. The van der Waals surface area contributed by atoms with E-state index >= 15 is 0 Å². The molecule has 0 unspecified atom stereocenters. The second-order valence-electron chi connectivity index (χ2n) is 10.6. The van der Waals surface area contributed by atoms with E-state index in [4.69, 9.17) is 0 Å². The Bertz CT molecular complexity index is 1110. The molecule has 1 N–H and O–H groups in total. The molecule has 2 aromatic rings. The highest BCUT2D eigenvalue weighted by Gasteiger charge is 2.29. The predicted molar refractivity (Wildman–Crippen MR) is 141 cm³/mol. The first-order valence-corrected chi connectivity index (χ1v) is 13.3. The van der Waals surface area contributed by atoms with Gasteiger partial charge in [0.2, 0.25) is 5.91 Å². The van der Waals surface area contributed by atoms with Crippen LogP contribution in [-0.2, 0) is 24.2 Å². The van der Waals surface area contributed by atoms with Crippen LogP contribution in [0, 0.1) is 0 Å². The monoisotopic (exact) mass is 490 g/mol. The minimum absolute atomic E-state index is 0.0169. The Balaban J connectivity index is 1.17. The predicted octanol–water partition coefficient (Wildman–Crippen LogP) is 2.55. The molecule has 5 rings (SSSR count). The van der Waals surface area contributed by atoms with E-state index in [1.54, 1.807) is 6.92 Å². The minimum Gasteiger partial charge on any atom is -0.390 e. The summed E-state index contributed by atoms with van der Waals surface area (Å²) in [5.74, 6) is 0.169. The number of piperidine rings is 1. The van der Waals surface area contributed by atoms with E-state index in [0.29, 0.717) is 25.7 Å². The van der Waals surface area contributed by atoms with Gasteiger partial charge in [0.1, 0.15) is 0 Å². The summed E-state index contributed by atoms with van der Waals surface area (Å²) in [7, 11) is 2.11. The van der Waals surface area contributed by atoms with Gasteiger partial charge in [-0.2, -0.15) is 0 Å². The Kier molecular flexibility index (Phi) is 7.30. The first-order chi connectivity index (χ1) is 17.4. The molecule has 36 heavy (non-hydrogen) atoms. The number of nitrogens with zero attached hydrogens (tertiary/aromatic N) is 4. The van der Waals surface area contributed by atoms with Crippen LogP contribution in [0.15, 0.2) is 42.5 Å². The Morgan fingerprint density at radius 2 is 1.72 bits per heavy atom. The molecule has 1 saturated heterocycles. The van der Waals surface area contributed by atoms with Crippen molar-refractivity contribution in [2.75, 3.05) is 51.2 Å². The van der Waals surface area contributed by atoms with E-state index in [-0.39, 0.29) is 11.8 Å². The number of rotatable bonds is 6. The van der Waals surface area contributed by atoms with Crippen molar-refractivity contribution >= 4 is 17.5 Å². The van der Waals surface area contributed by atoms with Gasteiger partial charge in [0.25, 0.3) is 5.91 Å². The lowest BCUT2D eigenvalue weighted by atomic mass is 9.96. The van der Waals surface area contributed by atoms with Crippen LogP contribution < -0.4 is 4.90 Å². The molecule has 0 aromatic heterocycles. The van der Waals surface area contributed by atoms with Gasteiger partial charge in [0.15, 0.2) is 0 Å². The van der Waals surface area contributed by atoms with Gasteiger partial charge in [-0.05, 0) is 60.6 Å². The maximum absolute atomic E-state index is 13.2. The smallest absolute Gasteiger partial charge is 0.254 e. The molecule has 3 aliphatic rings. The number of aliphatic hydroxyl groups excluding tert-OH is 1. The first-order valence-electron chi connectivity index (χ1n) is 13.3. The summed E-state index contributed by atoms with van der Waals surface area (Å²) in [6.07, 6.45) is 3.16. The highest BCUT2D eigenvalue weighted by Crippen LogP contribution is 2.28. The van der Waals surface area contributed by atoms with Crippen molar-refractivity contribution < 1.29 is 14.7 Å². The average Bonchev–Trinajstić information content (AvgIpc) is 2.89. The van der Waals surface area contributed by atoms with Gasteiger partial charge in [-0.15, -0.1) is 0 Å². The van der Waals surface area contributed by atoms with Crippen molar-refractivity contribution in [1.29, 1.82) is 0 Å². The van der Waals surface area contributed by atoms with Gasteiger partial charge in [0.05, 0.1) is 6.10 Å². The van der Waals surface area contributed by atoms with Gasteiger partial charge in [-0.25, -0.2) is 0 Å². The van der Waals surface area contributed by atoms with Gasteiger partial charge in [0, 0.05) is 77.1 Å². The molecule has 192 valence electrons. The van der Waals surface area contributed by atoms with E-state index in [1.165, 1.54) is 11.1 Å². The SMILES string of the molecule is CC(=O)N1CCC(N(C)c2ccc3c(c2)CCN(C[C@H](O)CN2CCc4ccccc4C2)C3=O)CC1. The number of hydrogen-bond donors (Lipinski definition) is 1. The molecule has 2 aromatic carbocycles. The molecule has 0 bridgehead atoms. The number of hydrogen-bond acceptors (Lipinski definition) is 5. The molecule has 0 radical (unpaired) electrons. The third-order valence-corrected chi connectivity index (χ3v) is 8.23. The van der Waals surface area contributed by atoms with Crippen molar-refractivity contribution in [2.24, 2.45) is 0 Å². The lowest BCUT2D eigenvalue weighted by Crippen LogP contribution is -2.46. The molecule has 7 nitrogen and oxygen atoms in total. The number of benzene rings is 2. The number of carbonyl (C=O) groups is 2. The van der Waals surface area contributed by atoms with Crippen LogP contribution in [0.2, 0.25) is 0 Å². The standard InChI is InChI=1S/C29H38N4O3/c1-21(34)32-15-11-25(12-16-32)30(2)26-7-8-28-23(17-26)10-14-33(29(28)36)20-27(35)19-31-13-9-22-5-3-4-6-24(22)18-31/h3-8,17,25,27,35H,9-16,18-20H2,1-2H3/t27-/m1/s1. The molecule has 2 amide bonds. The second-order valence-corrected chi connectivity index (χ2v) is 10.6. The number of anilines is 1. The number of amides is 2. The summed E-state index contributed by atoms with van der Waals surface area (Å²) < 4.78 is 0. The number of carbonyl (C=O) groups excluding carboxylic acids is 2. The second kappa shape index (κ2) is 10.6. The van der Waals surface area contributed by atoms with Crippen molar-refractivity contribution in [2.45, 2.75) is 51.3 Å². The van der Waals surface area contributed by atoms with Crippen LogP contribution in [0.3, 0.4) is 0 Å². The van der Waals surface area contributed by atoms with Crippen molar-refractivity contribution in [3.05, 3.63) is 64.7 Å². The largest absolute Gasteiger partial charge is 0.390 e. The van der Waals surface area contributed by atoms with Crippen molar-refractivity contribution in [1.82, 2.24) is 14.7 Å². The summed E-state index contributed by atoms with van der Waals surface area (Å²) in [5, 5.41) is 10.8. The van der Waals surface area contributed by atoms with E-state index in [1.807, 2.05) is 21.9 Å². The number of aliphatic hydroxyl groups is 1. The topological polar surface area (TPSA) is 67.3 Å². The molecule has 7 heteroatoms. The Hall–Kier alpha value is -2.90. The van der Waals surface area contributed by atoms with Crippen LogP contribution in [0.25, 0.3) is 0 Å². The number of likely N-dealkylation sites (tertiary alicyclic amines) is 1. The van der Waals surface area contributed by atoms with Crippen molar-refractivity contribution in [3.8, 4) is 0 Å². The quantitative estimate of drug-likeness (QED) is 0.674. The molecule has 3 heterocycles. The van der Waals surface area contributed by atoms with Crippen LogP contribution >= 0.6 is 0 Å². The maximum Gasteiger partial charge on any atom is 0.254 e. The lowest BCUT2D eigenvalue weighted by molar-refractivity contribution is -0.129. The zero-order valence-electron chi connectivity index (χ0n) is 21.5. The van der Waals surface area contributed by atoms with Crippen molar-refractivity contribution in [3.63, 3.8) is 0 Å². The first kappa shape index (κ1) is 24.8. The fraction of sp³-hybridized carbons (Fsp3) is 0.517. The summed E-state index contributed by atoms with van der Waals surface area (Å²) in [6, 6.07) is 15.1. The highest BCUT2D eigenvalue weighted by molar-refractivity contribution is 5.97. The van der Waals surface area contributed by atoms with Crippen LogP contribution in [0.5, 0.6) is 0 Å². The summed E-state index contributed by atoms with van der Waals surface area (Å²) in [5.41, 5.74) is 5.70. The zero-order valence-corrected chi connectivity index (χ0v) is 21.5. The van der Waals surface area contributed by atoms with E-state index in [9.17, 15) is 14.7 Å². The molecule has 1 fully saturated rings. The third kappa shape index (κ3) is 5.27. The van der Waals surface area contributed by atoms with Gasteiger partial charge < -0.3 is 19.8 Å². The Morgan fingerprint density at radius 1 is 1.00 bits per heavy atom. The molecule has 0 aliphatic carbocycles. The van der Waals surface area contributed by atoms with Gasteiger partial charge >= 0.3 is 0 Å². The van der Waals surface area contributed by atoms with Crippen LogP contribution in [0.1, 0.15) is 46.8 Å². The van der Waals surface area contributed by atoms with Gasteiger partial charge in [-0.1, -0.05) is 24.3 Å². The normalized spacial score (nSPS) is 19.6.